The van der Waals surface area contributed by atoms with Gasteiger partial charge in [0, 0.05) is 0 Å². The lowest BCUT2D eigenvalue weighted by Gasteiger charge is -2.30. The van der Waals surface area contributed by atoms with Crippen molar-refractivity contribution < 1.29 is 19.4 Å². The number of carbonyl (C=O) groups is 2. The summed E-state index contributed by atoms with van der Waals surface area (Å²) in [6.07, 6.45) is 1.23. The number of methoxy groups -OCH3 is 1. The minimum atomic E-state index is -0.897. The summed E-state index contributed by atoms with van der Waals surface area (Å²) in [4.78, 5) is 21.2. The van der Waals surface area contributed by atoms with E-state index in [1.54, 1.807) is 0 Å². The molecule has 2 unspecified atom stereocenters. The van der Waals surface area contributed by atoms with Gasteiger partial charge >= 0.3 is 11.9 Å². The average Bonchev–Trinajstić information content (AvgIpc) is 2.05. The van der Waals surface area contributed by atoms with Crippen LogP contribution in [0.4, 0.5) is 0 Å². The van der Waals surface area contributed by atoms with Crippen LogP contribution in [0.1, 0.15) is 26.7 Å². The van der Waals surface area contributed by atoms with E-state index in [1.807, 2.05) is 13.8 Å². The molecule has 13 heavy (non-hydrogen) atoms. The van der Waals surface area contributed by atoms with Crippen LogP contribution in [0.5, 0.6) is 0 Å². The summed E-state index contributed by atoms with van der Waals surface area (Å²) in [5, 5.41) is 8.54. The summed E-state index contributed by atoms with van der Waals surface area (Å²) in [6, 6.07) is 0. The first-order valence-electron chi connectivity index (χ1n) is 4.47. The first kappa shape index (κ1) is 11.9. The van der Waals surface area contributed by atoms with Crippen LogP contribution in [0.15, 0.2) is 0 Å². The van der Waals surface area contributed by atoms with E-state index in [0.29, 0.717) is 12.8 Å². The molecule has 0 aliphatic heterocycles. The SMILES string of the molecule is CC.COC(=O)C1CCC1C(=O)O. The molecule has 0 spiro atoms. The van der Waals surface area contributed by atoms with E-state index < -0.39 is 23.8 Å². The minimum Gasteiger partial charge on any atom is -0.481 e. The first-order chi connectivity index (χ1) is 6.16. The molecule has 0 saturated heterocycles. The van der Waals surface area contributed by atoms with Crippen LogP contribution >= 0.6 is 0 Å². The van der Waals surface area contributed by atoms with Crippen LogP contribution in [-0.2, 0) is 14.3 Å². The Labute approximate surface area is 77.9 Å². The Kier molecular flexibility index (Phi) is 5.11. The Morgan fingerprint density at radius 1 is 1.23 bits per heavy atom. The molecule has 0 aromatic heterocycles. The predicted octanol–water partition coefficient (Wildman–Crippen LogP) is 1.30. The molecule has 0 aromatic carbocycles. The number of ether oxygens (including phenoxy) is 1. The van der Waals surface area contributed by atoms with E-state index >= 15 is 0 Å². The number of rotatable bonds is 2. The normalized spacial score (nSPS) is 24.8. The van der Waals surface area contributed by atoms with Crippen LogP contribution in [0.2, 0.25) is 0 Å². The molecule has 4 heteroatoms. The number of carbonyl (C=O) groups excluding carboxylic acids is 1. The van der Waals surface area contributed by atoms with Crippen molar-refractivity contribution in [1.82, 2.24) is 0 Å². The van der Waals surface area contributed by atoms with Gasteiger partial charge in [0.15, 0.2) is 0 Å². The Balaban J connectivity index is 0.000000671. The fraction of sp³-hybridized carbons (Fsp3) is 0.778. The van der Waals surface area contributed by atoms with E-state index in [9.17, 15) is 9.59 Å². The second-order valence-corrected chi connectivity index (χ2v) is 2.65. The number of carboxylic acids is 1. The van der Waals surface area contributed by atoms with Gasteiger partial charge < -0.3 is 9.84 Å². The molecule has 2 atom stereocenters. The third-order valence-corrected chi connectivity index (χ3v) is 2.10. The number of hydrogen-bond donors (Lipinski definition) is 1. The Morgan fingerprint density at radius 2 is 1.69 bits per heavy atom. The second kappa shape index (κ2) is 5.56. The summed E-state index contributed by atoms with van der Waals surface area (Å²) in [6.45, 7) is 4.00. The van der Waals surface area contributed by atoms with E-state index in [2.05, 4.69) is 4.74 Å². The summed E-state index contributed by atoms with van der Waals surface area (Å²) in [7, 11) is 1.28. The van der Waals surface area contributed by atoms with Gasteiger partial charge in [-0.3, -0.25) is 9.59 Å². The molecule has 1 saturated carbocycles. The smallest absolute Gasteiger partial charge is 0.309 e. The average molecular weight is 188 g/mol. The van der Waals surface area contributed by atoms with Crippen molar-refractivity contribution >= 4 is 11.9 Å². The van der Waals surface area contributed by atoms with Crippen molar-refractivity contribution in [3.63, 3.8) is 0 Å². The maximum absolute atomic E-state index is 10.8. The number of aliphatic carboxylic acids is 1. The minimum absolute atomic E-state index is 0.399. The van der Waals surface area contributed by atoms with Gasteiger partial charge in [-0.2, -0.15) is 0 Å². The van der Waals surface area contributed by atoms with E-state index in [4.69, 9.17) is 5.11 Å². The van der Waals surface area contributed by atoms with Gasteiger partial charge in [0.2, 0.25) is 0 Å². The highest BCUT2D eigenvalue weighted by molar-refractivity contribution is 5.82. The lowest BCUT2D eigenvalue weighted by atomic mass is 9.74. The molecule has 0 bridgehead atoms. The van der Waals surface area contributed by atoms with Crippen molar-refractivity contribution in [3.8, 4) is 0 Å². The van der Waals surface area contributed by atoms with Gasteiger partial charge in [-0.05, 0) is 12.8 Å². The molecular weight excluding hydrogens is 172 g/mol. The van der Waals surface area contributed by atoms with Crippen molar-refractivity contribution in [1.29, 1.82) is 0 Å². The first-order valence-corrected chi connectivity index (χ1v) is 4.47. The quantitative estimate of drug-likeness (QED) is 0.663. The molecule has 76 valence electrons. The largest absolute Gasteiger partial charge is 0.481 e. The Hall–Kier alpha value is -1.06. The zero-order valence-corrected chi connectivity index (χ0v) is 8.24. The van der Waals surface area contributed by atoms with Crippen molar-refractivity contribution in [2.24, 2.45) is 11.8 Å². The molecule has 4 nitrogen and oxygen atoms in total. The maximum atomic E-state index is 10.8. The third-order valence-electron chi connectivity index (χ3n) is 2.10. The fourth-order valence-corrected chi connectivity index (χ4v) is 1.23. The standard InChI is InChI=1S/C7H10O4.C2H6/c1-11-7(10)5-3-2-4(5)6(8)9;1-2/h4-5H,2-3H2,1H3,(H,8,9);1-2H3. The van der Waals surface area contributed by atoms with Gasteiger partial charge in [0.25, 0.3) is 0 Å². The van der Waals surface area contributed by atoms with E-state index in [-0.39, 0.29) is 0 Å². The van der Waals surface area contributed by atoms with Gasteiger partial charge in [-0.25, -0.2) is 0 Å². The zero-order valence-electron chi connectivity index (χ0n) is 8.24. The molecule has 1 aliphatic carbocycles. The molecule has 1 rings (SSSR count). The van der Waals surface area contributed by atoms with Crippen LogP contribution < -0.4 is 0 Å². The van der Waals surface area contributed by atoms with Gasteiger partial charge in [-0.1, -0.05) is 13.8 Å². The van der Waals surface area contributed by atoms with Gasteiger partial charge in [0.05, 0.1) is 18.9 Å². The number of carboxylic acid groups (broad SMARTS) is 1. The van der Waals surface area contributed by atoms with Crippen molar-refractivity contribution in [2.75, 3.05) is 7.11 Å². The Bertz CT molecular complexity index is 188. The zero-order chi connectivity index (χ0) is 10.4. The van der Waals surface area contributed by atoms with Crippen LogP contribution in [0.25, 0.3) is 0 Å². The van der Waals surface area contributed by atoms with Crippen LogP contribution in [0, 0.1) is 11.8 Å². The summed E-state index contributed by atoms with van der Waals surface area (Å²) < 4.78 is 4.43. The molecule has 1 N–H and O–H groups in total. The second-order valence-electron chi connectivity index (χ2n) is 2.65. The highest BCUT2D eigenvalue weighted by atomic mass is 16.5. The van der Waals surface area contributed by atoms with Crippen LogP contribution in [0.3, 0.4) is 0 Å². The topological polar surface area (TPSA) is 63.6 Å². The molecule has 1 aliphatic rings. The number of esters is 1. The van der Waals surface area contributed by atoms with Crippen LogP contribution in [-0.4, -0.2) is 24.2 Å². The molecule has 0 amide bonds. The lowest BCUT2D eigenvalue weighted by molar-refractivity contribution is -0.162. The monoisotopic (exact) mass is 188 g/mol. The lowest BCUT2D eigenvalue weighted by Crippen LogP contribution is -2.38. The third kappa shape index (κ3) is 2.72. The molecular formula is C9H16O4. The molecule has 0 heterocycles. The predicted molar refractivity (Wildman–Crippen MR) is 47.2 cm³/mol. The van der Waals surface area contributed by atoms with Gasteiger partial charge in [-0.15, -0.1) is 0 Å². The summed E-state index contributed by atoms with van der Waals surface area (Å²) in [5.41, 5.74) is 0. The fourth-order valence-electron chi connectivity index (χ4n) is 1.23. The van der Waals surface area contributed by atoms with Crippen molar-refractivity contribution in [2.45, 2.75) is 26.7 Å². The van der Waals surface area contributed by atoms with E-state index in [0.717, 1.165) is 0 Å². The Morgan fingerprint density at radius 3 is 1.92 bits per heavy atom. The molecule has 0 radical (unpaired) electrons. The highest BCUT2D eigenvalue weighted by Crippen LogP contribution is 2.35. The molecule has 0 aromatic rings. The van der Waals surface area contributed by atoms with Gasteiger partial charge in [0.1, 0.15) is 0 Å². The summed E-state index contributed by atoms with van der Waals surface area (Å²) in [5.74, 6) is -2.21. The van der Waals surface area contributed by atoms with Crippen molar-refractivity contribution in [3.05, 3.63) is 0 Å². The summed E-state index contributed by atoms with van der Waals surface area (Å²) >= 11 is 0. The maximum Gasteiger partial charge on any atom is 0.309 e. The molecule has 1 fully saturated rings. The highest BCUT2D eigenvalue weighted by Gasteiger charge is 2.42. The van der Waals surface area contributed by atoms with E-state index in [1.165, 1.54) is 7.11 Å². The number of hydrogen-bond acceptors (Lipinski definition) is 3.